The Kier molecular flexibility index (Phi) is 4.66. The van der Waals surface area contributed by atoms with E-state index in [0.29, 0.717) is 24.9 Å². The lowest BCUT2D eigenvalue weighted by Crippen LogP contribution is -2.41. The van der Waals surface area contributed by atoms with Gasteiger partial charge in [0.15, 0.2) is 11.5 Å². The molecule has 0 saturated carbocycles. The van der Waals surface area contributed by atoms with Crippen LogP contribution in [0, 0.1) is 5.92 Å². The number of thioether (sulfide) groups is 1. The predicted molar refractivity (Wildman–Crippen MR) is 88.2 cm³/mol. The molecule has 2 aliphatic rings. The number of nitrogens with zero attached hydrogens (tertiary/aromatic N) is 1. The topological polar surface area (TPSA) is 50.8 Å². The minimum absolute atomic E-state index is 0.0291. The van der Waals surface area contributed by atoms with Crippen LogP contribution in [-0.2, 0) is 0 Å². The van der Waals surface area contributed by atoms with E-state index >= 15 is 0 Å². The molecule has 3 rings (SSSR count). The molecule has 1 saturated heterocycles. The summed E-state index contributed by atoms with van der Waals surface area (Å²) in [5.41, 5.74) is 0.792. The van der Waals surface area contributed by atoms with Gasteiger partial charge in [0.2, 0.25) is 0 Å². The Morgan fingerprint density at radius 1 is 1.32 bits per heavy atom. The number of piperidine rings is 1. The smallest absolute Gasteiger partial charge is 0.321 e. The van der Waals surface area contributed by atoms with Crippen LogP contribution in [0.2, 0.25) is 0 Å². The second-order valence-electron chi connectivity index (χ2n) is 5.82. The van der Waals surface area contributed by atoms with Crippen molar-refractivity contribution >= 4 is 23.5 Å². The zero-order chi connectivity index (χ0) is 15.5. The van der Waals surface area contributed by atoms with Crippen LogP contribution in [0.25, 0.3) is 0 Å². The third kappa shape index (κ3) is 3.27. The molecule has 0 unspecified atom stereocenters. The third-order valence-electron chi connectivity index (χ3n) is 4.05. The summed E-state index contributed by atoms with van der Waals surface area (Å²) in [5.74, 6) is 2.02. The van der Waals surface area contributed by atoms with Crippen LogP contribution < -0.4 is 14.8 Å². The molecule has 0 bridgehead atoms. The molecule has 1 N–H and O–H groups in total. The van der Waals surface area contributed by atoms with Crippen molar-refractivity contribution in [1.82, 2.24) is 4.90 Å². The lowest BCUT2D eigenvalue weighted by Gasteiger charge is -2.31. The van der Waals surface area contributed by atoms with Crippen molar-refractivity contribution in [3.05, 3.63) is 12.1 Å². The fourth-order valence-corrected chi connectivity index (χ4v) is 3.46. The molecule has 1 aromatic carbocycles. The summed E-state index contributed by atoms with van der Waals surface area (Å²) in [6.07, 6.45) is 4.26. The van der Waals surface area contributed by atoms with E-state index in [1.165, 1.54) is 6.42 Å². The molecule has 1 fully saturated rings. The summed E-state index contributed by atoms with van der Waals surface area (Å²) in [6, 6.07) is 3.78. The van der Waals surface area contributed by atoms with Gasteiger partial charge in [0.25, 0.3) is 0 Å². The summed E-state index contributed by atoms with van der Waals surface area (Å²) in [6.45, 7) is 4.96. The number of carbonyl (C=O) groups excluding carboxylic acids is 1. The van der Waals surface area contributed by atoms with Gasteiger partial charge in [0.1, 0.15) is 13.2 Å². The van der Waals surface area contributed by atoms with Crippen molar-refractivity contribution in [2.75, 3.05) is 37.9 Å². The molecule has 2 aliphatic heterocycles. The maximum Gasteiger partial charge on any atom is 0.321 e. The fraction of sp³-hybridized carbons (Fsp3) is 0.562. The number of anilines is 1. The van der Waals surface area contributed by atoms with Crippen LogP contribution in [-0.4, -0.2) is 43.5 Å². The number of ether oxygens (including phenoxy) is 2. The Morgan fingerprint density at radius 3 is 2.73 bits per heavy atom. The van der Waals surface area contributed by atoms with Gasteiger partial charge in [-0.2, -0.15) is 0 Å². The maximum absolute atomic E-state index is 12.5. The molecular formula is C16H22N2O3S. The number of hydrogen-bond donors (Lipinski definition) is 1. The van der Waals surface area contributed by atoms with E-state index in [2.05, 4.69) is 12.2 Å². The van der Waals surface area contributed by atoms with Crippen molar-refractivity contribution in [2.24, 2.45) is 5.92 Å². The Morgan fingerprint density at radius 2 is 2.05 bits per heavy atom. The number of likely N-dealkylation sites (tertiary alicyclic amines) is 1. The number of amides is 2. The molecule has 0 spiro atoms. The van der Waals surface area contributed by atoms with Crippen molar-refractivity contribution < 1.29 is 14.3 Å². The first-order valence-electron chi connectivity index (χ1n) is 7.71. The van der Waals surface area contributed by atoms with Crippen LogP contribution in [0.5, 0.6) is 11.5 Å². The van der Waals surface area contributed by atoms with Gasteiger partial charge in [0, 0.05) is 24.1 Å². The molecule has 2 heterocycles. The van der Waals surface area contributed by atoms with Gasteiger partial charge < -0.3 is 19.7 Å². The molecule has 22 heavy (non-hydrogen) atoms. The number of fused-ring (bicyclic) bond motifs is 1. The Hall–Kier alpha value is -1.56. The molecular weight excluding hydrogens is 300 g/mol. The van der Waals surface area contributed by atoms with Crippen LogP contribution in [0.15, 0.2) is 17.0 Å². The van der Waals surface area contributed by atoms with E-state index in [-0.39, 0.29) is 6.03 Å². The summed E-state index contributed by atoms with van der Waals surface area (Å²) in [7, 11) is 0. The normalized spacial score (nSPS) is 20.6. The average Bonchev–Trinajstić information content (AvgIpc) is 2.54. The number of rotatable bonds is 2. The van der Waals surface area contributed by atoms with Gasteiger partial charge in [-0.3, -0.25) is 0 Å². The van der Waals surface area contributed by atoms with E-state index < -0.39 is 0 Å². The molecule has 0 aliphatic carbocycles. The second-order valence-corrected chi connectivity index (χ2v) is 6.67. The lowest BCUT2D eigenvalue weighted by atomic mass is 10.0. The van der Waals surface area contributed by atoms with E-state index in [1.807, 2.05) is 23.3 Å². The zero-order valence-electron chi connectivity index (χ0n) is 13.1. The van der Waals surface area contributed by atoms with Crippen molar-refractivity contribution in [2.45, 2.75) is 24.7 Å². The molecule has 0 aromatic heterocycles. The van der Waals surface area contributed by atoms with Crippen LogP contribution >= 0.6 is 11.8 Å². The molecule has 1 atom stereocenters. The monoisotopic (exact) mass is 322 g/mol. The van der Waals surface area contributed by atoms with Gasteiger partial charge >= 0.3 is 6.03 Å². The molecule has 1 aromatic rings. The van der Waals surface area contributed by atoms with Crippen LogP contribution in [0.4, 0.5) is 10.5 Å². The van der Waals surface area contributed by atoms with E-state index in [4.69, 9.17) is 9.47 Å². The zero-order valence-corrected chi connectivity index (χ0v) is 13.9. The van der Waals surface area contributed by atoms with E-state index in [9.17, 15) is 4.79 Å². The molecule has 120 valence electrons. The standard InChI is InChI=1S/C16H22N2O3S/c1-11-4-3-5-18(10-11)16(19)17-12-8-13-14(9-15(12)22-2)21-7-6-20-13/h8-9,11H,3-7,10H2,1-2H3,(H,17,19)/t11-/m0/s1. The number of hydrogen-bond acceptors (Lipinski definition) is 4. The first kappa shape index (κ1) is 15.3. The highest BCUT2D eigenvalue weighted by Crippen LogP contribution is 2.39. The summed E-state index contributed by atoms with van der Waals surface area (Å²) < 4.78 is 11.2. The largest absolute Gasteiger partial charge is 0.486 e. The second kappa shape index (κ2) is 6.69. The fourth-order valence-electron chi connectivity index (χ4n) is 2.90. The highest BCUT2D eigenvalue weighted by molar-refractivity contribution is 7.98. The maximum atomic E-state index is 12.5. The highest BCUT2D eigenvalue weighted by atomic mass is 32.2. The van der Waals surface area contributed by atoms with E-state index in [1.54, 1.807) is 11.8 Å². The number of nitrogens with one attached hydrogen (secondary N) is 1. The Labute approximate surface area is 135 Å². The number of carbonyl (C=O) groups is 1. The summed E-state index contributed by atoms with van der Waals surface area (Å²) in [5, 5.41) is 3.03. The molecule has 6 heteroatoms. The predicted octanol–water partition coefficient (Wildman–Crippen LogP) is 3.44. The average molecular weight is 322 g/mol. The van der Waals surface area contributed by atoms with Crippen molar-refractivity contribution in [3.63, 3.8) is 0 Å². The minimum atomic E-state index is -0.0291. The van der Waals surface area contributed by atoms with Crippen molar-refractivity contribution in [1.29, 1.82) is 0 Å². The summed E-state index contributed by atoms with van der Waals surface area (Å²) >= 11 is 1.59. The van der Waals surface area contributed by atoms with Gasteiger partial charge in [-0.05, 0) is 31.1 Å². The van der Waals surface area contributed by atoms with Gasteiger partial charge in [-0.15, -0.1) is 11.8 Å². The van der Waals surface area contributed by atoms with Gasteiger partial charge in [0.05, 0.1) is 5.69 Å². The quantitative estimate of drug-likeness (QED) is 0.848. The lowest BCUT2D eigenvalue weighted by molar-refractivity contribution is 0.171. The Bertz CT molecular complexity index is 565. The van der Waals surface area contributed by atoms with Crippen LogP contribution in [0.1, 0.15) is 19.8 Å². The van der Waals surface area contributed by atoms with Gasteiger partial charge in [-0.1, -0.05) is 6.92 Å². The molecule has 2 amide bonds. The van der Waals surface area contributed by atoms with Crippen LogP contribution in [0.3, 0.4) is 0 Å². The van der Waals surface area contributed by atoms with Crippen molar-refractivity contribution in [3.8, 4) is 11.5 Å². The SMILES string of the molecule is CSc1cc2c(cc1NC(=O)N1CCC[C@H](C)C1)OCCO2. The first-order chi connectivity index (χ1) is 10.7. The third-order valence-corrected chi connectivity index (χ3v) is 4.83. The molecule has 0 radical (unpaired) electrons. The first-order valence-corrected chi connectivity index (χ1v) is 8.93. The summed E-state index contributed by atoms with van der Waals surface area (Å²) in [4.78, 5) is 15.4. The minimum Gasteiger partial charge on any atom is -0.486 e. The van der Waals surface area contributed by atoms with E-state index in [0.717, 1.165) is 35.8 Å². The number of benzene rings is 1. The van der Waals surface area contributed by atoms with Gasteiger partial charge in [-0.25, -0.2) is 4.79 Å². The Balaban J connectivity index is 1.77. The molecule has 5 nitrogen and oxygen atoms in total. The number of urea groups is 1. The highest BCUT2D eigenvalue weighted by Gasteiger charge is 2.23.